The fourth-order valence-electron chi connectivity index (χ4n) is 2.45. The molecule has 1 aliphatic heterocycles. The highest BCUT2D eigenvalue weighted by molar-refractivity contribution is 7.99. The first-order chi connectivity index (χ1) is 8.96. The summed E-state index contributed by atoms with van der Waals surface area (Å²) in [6.07, 6.45) is -3.18. The average molecular weight is 289 g/mol. The van der Waals surface area contributed by atoms with Crippen LogP contribution >= 0.6 is 11.8 Å². The Balaban J connectivity index is 1.79. The Kier molecular flexibility index (Phi) is 4.79. The number of alkyl halides is 3. The summed E-state index contributed by atoms with van der Waals surface area (Å²) in [5.74, 6) is 1.77. The van der Waals surface area contributed by atoms with Crippen LogP contribution in [0, 0.1) is 5.92 Å². The molecule has 106 valence electrons. The van der Waals surface area contributed by atoms with E-state index in [0.717, 1.165) is 12.2 Å². The van der Waals surface area contributed by atoms with Crippen LogP contribution in [0.3, 0.4) is 0 Å². The highest BCUT2D eigenvalue weighted by Gasteiger charge is 2.27. The molecule has 2 unspecified atom stereocenters. The molecule has 0 aliphatic carbocycles. The van der Waals surface area contributed by atoms with E-state index < -0.39 is 12.7 Å². The van der Waals surface area contributed by atoms with Crippen LogP contribution in [-0.2, 0) is 0 Å². The fourth-order valence-corrected chi connectivity index (χ4v) is 3.73. The molecule has 0 spiro atoms. The normalized spacial score (nSPS) is 20.3. The Hall–Kier alpha value is -0.680. The lowest BCUT2D eigenvalue weighted by Gasteiger charge is -2.18. The molecule has 5 heteroatoms. The Bertz CT molecular complexity index is 419. The van der Waals surface area contributed by atoms with Crippen LogP contribution in [0.5, 0.6) is 0 Å². The standard InChI is InChI=1S/C14H18F3NS/c1-10(7-18-9-14(15,16)17)6-11-8-19-13-5-3-2-4-12(11)13/h2-5,10-11,18H,6-9H2,1H3. The number of thioether (sulfide) groups is 1. The van der Waals surface area contributed by atoms with Crippen molar-refractivity contribution in [3.05, 3.63) is 29.8 Å². The van der Waals surface area contributed by atoms with Crippen molar-refractivity contribution in [1.29, 1.82) is 0 Å². The maximum Gasteiger partial charge on any atom is 0.401 e. The molecule has 2 rings (SSSR count). The molecule has 0 saturated heterocycles. The van der Waals surface area contributed by atoms with Crippen molar-refractivity contribution in [2.75, 3.05) is 18.8 Å². The number of fused-ring (bicyclic) bond motifs is 1. The van der Waals surface area contributed by atoms with Gasteiger partial charge >= 0.3 is 6.18 Å². The molecule has 0 aromatic heterocycles. The molecule has 1 aliphatic rings. The average Bonchev–Trinajstić information content (AvgIpc) is 2.71. The third kappa shape index (κ3) is 4.42. The van der Waals surface area contributed by atoms with E-state index in [0.29, 0.717) is 12.5 Å². The van der Waals surface area contributed by atoms with Crippen LogP contribution in [0.25, 0.3) is 0 Å². The van der Waals surface area contributed by atoms with Gasteiger partial charge in [-0.2, -0.15) is 13.2 Å². The van der Waals surface area contributed by atoms with Crippen molar-refractivity contribution < 1.29 is 13.2 Å². The minimum Gasteiger partial charge on any atom is -0.308 e. The van der Waals surface area contributed by atoms with E-state index >= 15 is 0 Å². The molecule has 1 aromatic carbocycles. The molecule has 0 fully saturated rings. The number of halogens is 3. The quantitative estimate of drug-likeness (QED) is 0.877. The number of benzene rings is 1. The van der Waals surface area contributed by atoms with Gasteiger partial charge in [-0.15, -0.1) is 11.8 Å². The number of hydrogen-bond donors (Lipinski definition) is 1. The lowest BCUT2D eigenvalue weighted by atomic mass is 9.91. The third-order valence-electron chi connectivity index (χ3n) is 3.30. The van der Waals surface area contributed by atoms with Gasteiger partial charge in [0, 0.05) is 10.6 Å². The predicted molar refractivity (Wildman–Crippen MR) is 72.6 cm³/mol. The maximum atomic E-state index is 12.0. The lowest BCUT2D eigenvalue weighted by molar-refractivity contribution is -0.125. The van der Waals surface area contributed by atoms with E-state index in [2.05, 4.69) is 17.4 Å². The van der Waals surface area contributed by atoms with Gasteiger partial charge in [-0.1, -0.05) is 25.1 Å². The smallest absolute Gasteiger partial charge is 0.308 e. The minimum absolute atomic E-state index is 0.249. The molecule has 1 nitrogen and oxygen atoms in total. The first-order valence-electron chi connectivity index (χ1n) is 6.45. The van der Waals surface area contributed by atoms with Crippen LogP contribution in [0.2, 0.25) is 0 Å². The summed E-state index contributed by atoms with van der Waals surface area (Å²) >= 11 is 1.85. The lowest BCUT2D eigenvalue weighted by Crippen LogP contribution is -2.32. The zero-order valence-electron chi connectivity index (χ0n) is 10.8. The van der Waals surface area contributed by atoms with Crippen molar-refractivity contribution in [2.45, 2.75) is 30.3 Å². The van der Waals surface area contributed by atoms with Gasteiger partial charge in [0.2, 0.25) is 0 Å². The largest absolute Gasteiger partial charge is 0.401 e. The van der Waals surface area contributed by atoms with Crippen molar-refractivity contribution in [1.82, 2.24) is 5.32 Å². The van der Waals surface area contributed by atoms with Crippen molar-refractivity contribution >= 4 is 11.8 Å². The second-order valence-corrected chi connectivity index (χ2v) is 6.19. The number of nitrogens with one attached hydrogen (secondary N) is 1. The topological polar surface area (TPSA) is 12.0 Å². The van der Waals surface area contributed by atoms with E-state index in [1.807, 2.05) is 30.8 Å². The zero-order chi connectivity index (χ0) is 13.9. The Labute approximate surface area is 116 Å². The molecular formula is C14H18F3NS. The van der Waals surface area contributed by atoms with E-state index in [1.165, 1.54) is 10.5 Å². The summed E-state index contributed by atoms with van der Waals surface area (Å²) in [7, 11) is 0. The molecule has 1 N–H and O–H groups in total. The minimum atomic E-state index is -4.12. The molecule has 1 aromatic rings. The maximum absolute atomic E-state index is 12.0. The summed E-state index contributed by atoms with van der Waals surface area (Å²) < 4.78 is 36.1. The molecular weight excluding hydrogens is 271 g/mol. The van der Waals surface area contributed by atoms with E-state index in [4.69, 9.17) is 0 Å². The Morgan fingerprint density at radius 2 is 2.11 bits per heavy atom. The van der Waals surface area contributed by atoms with Crippen LogP contribution in [0.1, 0.15) is 24.8 Å². The van der Waals surface area contributed by atoms with E-state index in [1.54, 1.807) is 0 Å². The third-order valence-corrected chi connectivity index (χ3v) is 4.56. The van der Waals surface area contributed by atoms with Crippen LogP contribution < -0.4 is 5.32 Å². The van der Waals surface area contributed by atoms with Crippen LogP contribution in [-0.4, -0.2) is 25.0 Å². The van der Waals surface area contributed by atoms with Crippen LogP contribution in [0.4, 0.5) is 13.2 Å². The van der Waals surface area contributed by atoms with Crippen molar-refractivity contribution in [3.8, 4) is 0 Å². The predicted octanol–water partition coefficient (Wildman–Crippen LogP) is 4.05. The first-order valence-corrected chi connectivity index (χ1v) is 7.43. The molecule has 19 heavy (non-hydrogen) atoms. The molecule has 0 amide bonds. The van der Waals surface area contributed by atoms with Crippen molar-refractivity contribution in [3.63, 3.8) is 0 Å². The molecule has 2 atom stereocenters. The monoisotopic (exact) mass is 289 g/mol. The molecule has 0 radical (unpaired) electrons. The molecule has 1 heterocycles. The zero-order valence-corrected chi connectivity index (χ0v) is 11.7. The van der Waals surface area contributed by atoms with Crippen molar-refractivity contribution in [2.24, 2.45) is 5.92 Å². The summed E-state index contributed by atoms with van der Waals surface area (Å²) in [5.41, 5.74) is 1.36. The number of hydrogen-bond acceptors (Lipinski definition) is 2. The summed E-state index contributed by atoms with van der Waals surface area (Å²) in [6.45, 7) is 1.53. The summed E-state index contributed by atoms with van der Waals surface area (Å²) in [4.78, 5) is 1.32. The van der Waals surface area contributed by atoms with Gasteiger partial charge in [0.1, 0.15) is 0 Å². The van der Waals surface area contributed by atoms with Gasteiger partial charge in [-0.3, -0.25) is 0 Å². The van der Waals surface area contributed by atoms with Gasteiger partial charge < -0.3 is 5.32 Å². The fraction of sp³-hybridized carbons (Fsp3) is 0.571. The van der Waals surface area contributed by atoms with Crippen LogP contribution in [0.15, 0.2) is 29.2 Å². The Morgan fingerprint density at radius 3 is 2.84 bits per heavy atom. The van der Waals surface area contributed by atoms with Gasteiger partial charge in [0.15, 0.2) is 0 Å². The Morgan fingerprint density at radius 1 is 1.37 bits per heavy atom. The second kappa shape index (κ2) is 6.18. The SMILES string of the molecule is CC(CNCC(F)(F)F)CC1CSc2ccccc21. The van der Waals surface area contributed by atoms with Gasteiger partial charge in [-0.05, 0) is 36.4 Å². The van der Waals surface area contributed by atoms with E-state index in [9.17, 15) is 13.2 Å². The van der Waals surface area contributed by atoms with Gasteiger partial charge in [0.05, 0.1) is 6.54 Å². The summed E-state index contributed by atoms with van der Waals surface area (Å²) in [6, 6.07) is 8.31. The highest BCUT2D eigenvalue weighted by atomic mass is 32.2. The van der Waals surface area contributed by atoms with Gasteiger partial charge in [-0.25, -0.2) is 0 Å². The number of rotatable bonds is 5. The highest BCUT2D eigenvalue weighted by Crippen LogP contribution is 2.42. The summed E-state index contributed by atoms with van der Waals surface area (Å²) in [5, 5.41) is 2.49. The second-order valence-electron chi connectivity index (χ2n) is 5.13. The van der Waals surface area contributed by atoms with E-state index in [-0.39, 0.29) is 5.92 Å². The molecule has 0 saturated carbocycles. The van der Waals surface area contributed by atoms with Gasteiger partial charge in [0.25, 0.3) is 0 Å². The molecule has 0 bridgehead atoms. The first kappa shape index (κ1) is 14.7.